The maximum atomic E-state index is 6.07. The van der Waals surface area contributed by atoms with Gasteiger partial charge in [-0.3, -0.25) is 0 Å². The van der Waals surface area contributed by atoms with E-state index in [-0.39, 0.29) is 22.3 Å². The molecule has 7 rings (SSSR count). The highest BCUT2D eigenvalue weighted by molar-refractivity contribution is 5.81. The molecule has 0 aliphatic rings. The summed E-state index contributed by atoms with van der Waals surface area (Å²) in [4.78, 5) is 0. The maximum absolute atomic E-state index is 6.07. The number of hydrogen-bond acceptors (Lipinski definition) is 8. The number of anilines is 5. The lowest BCUT2D eigenvalue weighted by molar-refractivity contribution is -0.868. The van der Waals surface area contributed by atoms with E-state index in [0.717, 1.165) is 69.1 Å². The van der Waals surface area contributed by atoms with E-state index in [1.54, 1.807) is 13.5 Å². The molecule has 0 saturated heterocycles. The normalized spacial score (nSPS) is 11.0. The summed E-state index contributed by atoms with van der Waals surface area (Å²) in [6.45, 7) is 3.76. The van der Waals surface area contributed by atoms with Crippen LogP contribution in [0.3, 0.4) is 0 Å². The van der Waals surface area contributed by atoms with Gasteiger partial charge in [-0.25, -0.2) is 18.1 Å². The van der Waals surface area contributed by atoms with Crippen molar-refractivity contribution in [1.82, 2.24) is 33.4 Å². The molecule has 0 bridgehead atoms. The summed E-state index contributed by atoms with van der Waals surface area (Å²) in [5.74, 6) is 2.29. The molecule has 7 aromatic heterocycles. The Morgan fingerprint density at radius 3 is 1.32 bits per heavy atom. The fourth-order valence-corrected chi connectivity index (χ4v) is 5.09. The first-order chi connectivity index (χ1) is 23.7. The molecule has 8 N–H and O–H groups in total. The van der Waals surface area contributed by atoms with Crippen LogP contribution in [0.15, 0.2) is 91.9 Å². The van der Waals surface area contributed by atoms with Gasteiger partial charge < -0.3 is 59.1 Å². The zero-order valence-electron chi connectivity index (χ0n) is 33.2. The van der Waals surface area contributed by atoms with Crippen molar-refractivity contribution >= 4 is 45.2 Å². The van der Waals surface area contributed by atoms with E-state index in [0.29, 0.717) is 17.1 Å². The Bertz CT molecular complexity index is 2060. The number of aromatic nitrogens is 8. The van der Waals surface area contributed by atoms with E-state index in [1.165, 1.54) is 0 Å². The van der Waals surface area contributed by atoms with Crippen LogP contribution in [0.4, 0.5) is 28.7 Å². The van der Waals surface area contributed by atoms with E-state index in [1.807, 2.05) is 108 Å². The summed E-state index contributed by atoms with van der Waals surface area (Å²) in [6.07, 6.45) is 11.5. The van der Waals surface area contributed by atoms with Crippen molar-refractivity contribution in [3.63, 3.8) is 0 Å². The molecular weight excluding hydrogens is 667 g/mol. The van der Waals surface area contributed by atoms with E-state index < -0.39 is 0 Å². The predicted molar refractivity (Wildman–Crippen MR) is 221 cm³/mol. The minimum atomic E-state index is 0. The SMILES string of the molecule is C[N+](C)(C)CCNc1nn2ccccc2c1N.C[N+](C)(C)CCNc1nn2ccccc2c1N.C[n+]1ccn(-c2nn3ccccc3c2N)c1.[CH3-].[CH3-].[CH3-]. The predicted octanol–water partition coefficient (Wildman–Crippen LogP) is 3.95. The molecular formula is C38H61N15. The topological polar surface area (TPSA) is 163 Å². The number of nitrogen functional groups attached to an aromatic ring is 3. The van der Waals surface area contributed by atoms with Crippen molar-refractivity contribution < 1.29 is 13.5 Å². The number of fused-ring (bicyclic) bond motifs is 3. The van der Waals surface area contributed by atoms with E-state index >= 15 is 0 Å². The Morgan fingerprint density at radius 2 is 0.981 bits per heavy atom. The van der Waals surface area contributed by atoms with Crippen LogP contribution in [-0.2, 0) is 7.05 Å². The highest BCUT2D eigenvalue weighted by Gasteiger charge is 2.16. The smallest absolute Gasteiger partial charge is 0.268 e. The molecule has 7 heterocycles. The standard InChI is InChI=1S/2C12H20N5.C11H12N5.3CH3/c2*1-17(2,3)9-7-14-12-11(13)10-6-4-5-8-16(10)15-12;1-14-6-7-15(8-14)11-10(12)9-4-2-3-5-16(9)13-11;;;/h2*4-6,8H,7,9,13H2,1-3H3,(H,14,15);2-8H,12H2,1H3;3*1H3/q3*+1;3*-1. The first-order valence-corrected chi connectivity index (χ1v) is 16.5. The molecule has 15 heteroatoms. The third-order valence-electron chi connectivity index (χ3n) is 7.88. The minimum absolute atomic E-state index is 0. The van der Waals surface area contributed by atoms with Crippen molar-refractivity contribution in [2.75, 3.05) is 96.3 Å². The molecule has 0 aromatic carbocycles. The molecule has 0 spiro atoms. The number of nitrogens with two attached hydrogens (primary N) is 3. The van der Waals surface area contributed by atoms with Gasteiger partial charge in [0.25, 0.3) is 5.82 Å². The second kappa shape index (κ2) is 18.1. The number of imidazole rings is 1. The lowest BCUT2D eigenvalue weighted by Gasteiger charge is -2.23. The number of aryl methyl sites for hydroxylation is 1. The van der Waals surface area contributed by atoms with Crippen molar-refractivity contribution in [3.05, 3.63) is 114 Å². The van der Waals surface area contributed by atoms with Crippen LogP contribution in [0.1, 0.15) is 0 Å². The first-order valence-electron chi connectivity index (χ1n) is 16.5. The maximum Gasteiger partial charge on any atom is 0.268 e. The van der Waals surface area contributed by atoms with E-state index in [9.17, 15) is 0 Å². The summed E-state index contributed by atoms with van der Waals surface area (Å²) in [7, 11) is 14.9. The number of rotatable bonds is 9. The fraction of sp³-hybridized carbons (Fsp3) is 0.289. The monoisotopic (exact) mass is 728 g/mol. The summed E-state index contributed by atoms with van der Waals surface area (Å²) >= 11 is 0. The summed E-state index contributed by atoms with van der Waals surface area (Å²) in [5, 5.41) is 19.8. The van der Waals surface area contributed by atoms with Gasteiger partial charge in [0.2, 0.25) is 6.33 Å². The van der Waals surface area contributed by atoms with Crippen molar-refractivity contribution in [2.24, 2.45) is 7.05 Å². The molecule has 288 valence electrons. The number of quaternary nitrogens is 2. The van der Waals surface area contributed by atoms with Crippen molar-refractivity contribution in [1.29, 1.82) is 0 Å². The van der Waals surface area contributed by atoms with Crippen LogP contribution < -0.4 is 32.4 Å². The van der Waals surface area contributed by atoms with Gasteiger partial charge in [-0.05, 0) is 36.4 Å². The molecule has 0 saturated carbocycles. The van der Waals surface area contributed by atoms with Crippen LogP contribution in [0.5, 0.6) is 0 Å². The van der Waals surface area contributed by atoms with Crippen LogP contribution in [-0.4, -0.2) is 111 Å². The zero-order valence-corrected chi connectivity index (χ0v) is 33.2. The Labute approximate surface area is 315 Å². The summed E-state index contributed by atoms with van der Waals surface area (Å²) < 4.78 is 11.1. The molecule has 53 heavy (non-hydrogen) atoms. The molecule has 0 radical (unpaired) electrons. The van der Waals surface area contributed by atoms with Crippen LogP contribution in [0, 0.1) is 22.3 Å². The molecule has 0 atom stereocenters. The molecule has 0 unspecified atom stereocenters. The lowest BCUT2D eigenvalue weighted by Crippen LogP contribution is -2.38. The number of nitrogens with one attached hydrogen (secondary N) is 2. The van der Waals surface area contributed by atoms with Crippen LogP contribution in [0.25, 0.3) is 22.4 Å². The second-order valence-electron chi connectivity index (χ2n) is 14.2. The van der Waals surface area contributed by atoms with Gasteiger partial charge in [-0.2, -0.15) is 4.57 Å². The largest absolute Gasteiger partial charge is 0.394 e. The van der Waals surface area contributed by atoms with Gasteiger partial charge in [-0.15, -0.1) is 15.3 Å². The van der Waals surface area contributed by atoms with Gasteiger partial charge in [0.15, 0.2) is 11.6 Å². The molecule has 0 amide bonds. The lowest BCUT2D eigenvalue weighted by atomic mass is 10.3. The van der Waals surface area contributed by atoms with Gasteiger partial charge in [0.05, 0.1) is 92.1 Å². The zero-order chi connectivity index (χ0) is 36.1. The number of likely N-dealkylation sites (N-methyl/N-ethyl adjacent to an activating group) is 2. The fourth-order valence-electron chi connectivity index (χ4n) is 5.09. The average molecular weight is 728 g/mol. The Morgan fingerprint density at radius 1 is 0.585 bits per heavy atom. The van der Waals surface area contributed by atoms with E-state index in [2.05, 4.69) is 68.2 Å². The van der Waals surface area contributed by atoms with Gasteiger partial charge in [-0.1, -0.05) is 18.2 Å². The second-order valence-corrected chi connectivity index (χ2v) is 14.2. The minimum Gasteiger partial charge on any atom is -0.394 e. The molecule has 15 nitrogen and oxygen atoms in total. The Kier molecular flexibility index (Phi) is 14.8. The van der Waals surface area contributed by atoms with Crippen LogP contribution in [0.2, 0.25) is 0 Å². The van der Waals surface area contributed by atoms with Gasteiger partial charge in [0.1, 0.15) is 29.5 Å². The number of pyridine rings is 3. The average Bonchev–Trinajstić information content (AvgIpc) is 3.81. The van der Waals surface area contributed by atoms with Gasteiger partial charge in [0, 0.05) is 18.6 Å². The number of hydrogen-bond donors (Lipinski definition) is 5. The Balaban J connectivity index is 0.000000268. The Hall–Kier alpha value is -5.80. The van der Waals surface area contributed by atoms with Gasteiger partial charge >= 0.3 is 0 Å². The molecule has 0 fully saturated rings. The highest BCUT2D eigenvalue weighted by Crippen LogP contribution is 2.23. The third kappa shape index (κ3) is 11.1. The quantitative estimate of drug-likeness (QED) is 0.0849. The van der Waals surface area contributed by atoms with Crippen molar-refractivity contribution in [3.8, 4) is 5.82 Å². The van der Waals surface area contributed by atoms with Crippen molar-refractivity contribution in [2.45, 2.75) is 0 Å². The number of nitrogens with zero attached hydrogens (tertiary/aromatic N) is 10. The van der Waals surface area contributed by atoms with E-state index in [4.69, 9.17) is 17.2 Å². The summed E-state index contributed by atoms with van der Waals surface area (Å²) in [5.41, 5.74) is 23.1. The van der Waals surface area contributed by atoms with Crippen LogP contribution >= 0.6 is 0 Å². The first kappa shape index (κ1) is 43.4. The molecule has 7 aromatic rings. The summed E-state index contributed by atoms with van der Waals surface area (Å²) in [6, 6.07) is 17.6. The molecule has 0 aliphatic carbocycles. The highest BCUT2D eigenvalue weighted by atomic mass is 15.3. The third-order valence-corrected chi connectivity index (χ3v) is 7.88. The molecule has 0 aliphatic heterocycles.